The van der Waals surface area contributed by atoms with E-state index in [1.165, 1.54) is 0 Å². The lowest BCUT2D eigenvalue weighted by Crippen LogP contribution is -2.04. The molecule has 2 aromatic heterocycles. The molecule has 1 atom stereocenters. The predicted octanol–water partition coefficient (Wildman–Crippen LogP) is 3.32. The van der Waals surface area contributed by atoms with Gasteiger partial charge in [0.2, 0.25) is 0 Å². The number of halogens is 1. The van der Waals surface area contributed by atoms with Crippen LogP contribution in [0.5, 0.6) is 0 Å². The van der Waals surface area contributed by atoms with Gasteiger partial charge in [-0.15, -0.1) is 0 Å². The number of aliphatic hydroxyl groups excluding tert-OH is 1. The monoisotopic (exact) mass is 295 g/mol. The van der Waals surface area contributed by atoms with Gasteiger partial charge in [0.05, 0.1) is 29.1 Å². The van der Waals surface area contributed by atoms with Crippen LogP contribution in [0, 0.1) is 0 Å². The Morgan fingerprint density at radius 2 is 2.15 bits per heavy atom. The SMILES string of the molecule is CCCC(O)c1ccn(Cc2c(Cl)c(CC)nn2C)c1. The van der Waals surface area contributed by atoms with Crippen molar-refractivity contribution in [3.63, 3.8) is 0 Å². The number of rotatable bonds is 6. The average molecular weight is 296 g/mol. The maximum Gasteiger partial charge on any atom is 0.0868 e. The molecule has 0 saturated heterocycles. The van der Waals surface area contributed by atoms with Gasteiger partial charge in [-0.3, -0.25) is 4.68 Å². The summed E-state index contributed by atoms with van der Waals surface area (Å²) >= 11 is 6.35. The van der Waals surface area contributed by atoms with E-state index in [0.717, 1.165) is 41.2 Å². The first-order chi connectivity index (χ1) is 9.56. The minimum atomic E-state index is -0.380. The number of aliphatic hydroxyl groups is 1. The molecule has 0 bridgehead atoms. The van der Waals surface area contributed by atoms with Gasteiger partial charge in [-0.2, -0.15) is 5.10 Å². The highest BCUT2D eigenvalue weighted by atomic mass is 35.5. The Morgan fingerprint density at radius 3 is 2.75 bits per heavy atom. The van der Waals surface area contributed by atoms with Crippen molar-refractivity contribution in [2.24, 2.45) is 7.05 Å². The zero-order valence-corrected chi connectivity index (χ0v) is 13.1. The quantitative estimate of drug-likeness (QED) is 0.888. The highest BCUT2D eigenvalue weighted by Gasteiger charge is 2.14. The molecule has 2 heterocycles. The van der Waals surface area contributed by atoms with Crippen molar-refractivity contribution < 1.29 is 5.11 Å². The summed E-state index contributed by atoms with van der Waals surface area (Å²) in [5, 5.41) is 15.2. The Hall–Kier alpha value is -1.26. The van der Waals surface area contributed by atoms with Crippen molar-refractivity contribution in [3.8, 4) is 0 Å². The summed E-state index contributed by atoms with van der Waals surface area (Å²) in [4.78, 5) is 0. The van der Waals surface area contributed by atoms with Gasteiger partial charge in [-0.1, -0.05) is 31.9 Å². The largest absolute Gasteiger partial charge is 0.388 e. The molecule has 1 unspecified atom stereocenters. The normalized spacial score (nSPS) is 12.8. The van der Waals surface area contributed by atoms with Gasteiger partial charge < -0.3 is 9.67 Å². The molecule has 0 radical (unpaired) electrons. The van der Waals surface area contributed by atoms with E-state index in [9.17, 15) is 5.11 Å². The third kappa shape index (κ3) is 3.07. The van der Waals surface area contributed by atoms with Crippen LogP contribution < -0.4 is 0 Å². The maximum atomic E-state index is 9.99. The Bertz CT molecular complexity index is 574. The topological polar surface area (TPSA) is 43.0 Å². The Labute approximate surface area is 125 Å². The first-order valence-electron chi connectivity index (χ1n) is 7.10. The second kappa shape index (κ2) is 6.46. The fourth-order valence-electron chi connectivity index (χ4n) is 2.36. The third-order valence-electron chi connectivity index (χ3n) is 3.56. The van der Waals surface area contributed by atoms with E-state index < -0.39 is 0 Å². The smallest absolute Gasteiger partial charge is 0.0868 e. The van der Waals surface area contributed by atoms with E-state index in [-0.39, 0.29) is 6.10 Å². The number of aryl methyl sites for hydroxylation is 2. The van der Waals surface area contributed by atoms with E-state index in [0.29, 0.717) is 6.54 Å². The fraction of sp³-hybridized carbons (Fsp3) is 0.533. The van der Waals surface area contributed by atoms with Gasteiger partial charge in [-0.25, -0.2) is 0 Å². The minimum absolute atomic E-state index is 0.380. The van der Waals surface area contributed by atoms with Crippen LogP contribution in [0.25, 0.3) is 0 Å². The first-order valence-corrected chi connectivity index (χ1v) is 7.48. The Morgan fingerprint density at radius 1 is 1.40 bits per heavy atom. The molecular weight excluding hydrogens is 274 g/mol. The summed E-state index contributed by atoms with van der Waals surface area (Å²) in [5.74, 6) is 0. The van der Waals surface area contributed by atoms with Gasteiger partial charge in [-0.05, 0) is 24.5 Å². The summed E-state index contributed by atoms with van der Waals surface area (Å²) in [6.07, 6.45) is 6.17. The first kappa shape index (κ1) is 15.1. The summed E-state index contributed by atoms with van der Waals surface area (Å²) < 4.78 is 3.87. The molecule has 4 nitrogen and oxygen atoms in total. The van der Waals surface area contributed by atoms with Crippen LogP contribution in [0.15, 0.2) is 18.5 Å². The van der Waals surface area contributed by atoms with Crippen molar-refractivity contribution in [2.45, 2.75) is 45.8 Å². The molecule has 0 fully saturated rings. The number of hydrogen-bond acceptors (Lipinski definition) is 2. The van der Waals surface area contributed by atoms with Crippen LogP contribution in [0.1, 0.15) is 49.7 Å². The van der Waals surface area contributed by atoms with Crippen LogP contribution in [-0.4, -0.2) is 19.5 Å². The molecule has 110 valence electrons. The van der Waals surface area contributed by atoms with Crippen molar-refractivity contribution in [2.75, 3.05) is 0 Å². The van der Waals surface area contributed by atoms with Crippen molar-refractivity contribution in [1.29, 1.82) is 0 Å². The van der Waals surface area contributed by atoms with E-state index in [1.807, 2.05) is 41.7 Å². The molecular formula is C15H22ClN3O. The highest BCUT2D eigenvalue weighted by molar-refractivity contribution is 6.31. The summed E-state index contributed by atoms with van der Waals surface area (Å²) in [6.45, 7) is 4.79. The van der Waals surface area contributed by atoms with Gasteiger partial charge in [0, 0.05) is 19.4 Å². The molecule has 1 N–H and O–H groups in total. The molecule has 20 heavy (non-hydrogen) atoms. The van der Waals surface area contributed by atoms with E-state index >= 15 is 0 Å². The van der Waals surface area contributed by atoms with Gasteiger partial charge in [0.25, 0.3) is 0 Å². The number of hydrogen-bond donors (Lipinski definition) is 1. The zero-order valence-electron chi connectivity index (χ0n) is 12.3. The van der Waals surface area contributed by atoms with Crippen LogP contribution >= 0.6 is 11.6 Å². The molecule has 2 aromatic rings. The Balaban J connectivity index is 2.17. The van der Waals surface area contributed by atoms with Crippen LogP contribution in [-0.2, 0) is 20.0 Å². The molecule has 0 amide bonds. The molecule has 2 rings (SSSR count). The van der Waals surface area contributed by atoms with Crippen LogP contribution in [0.2, 0.25) is 5.02 Å². The predicted molar refractivity (Wildman–Crippen MR) is 81.0 cm³/mol. The second-order valence-corrected chi connectivity index (χ2v) is 5.48. The molecule has 0 aliphatic rings. The van der Waals surface area contributed by atoms with Crippen LogP contribution in [0.3, 0.4) is 0 Å². The van der Waals surface area contributed by atoms with Crippen molar-refractivity contribution in [3.05, 3.63) is 40.4 Å². The number of nitrogens with zero attached hydrogens (tertiary/aromatic N) is 3. The summed E-state index contributed by atoms with van der Waals surface area (Å²) in [5.41, 5.74) is 2.89. The highest BCUT2D eigenvalue weighted by Crippen LogP contribution is 2.23. The lowest BCUT2D eigenvalue weighted by atomic mass is 10.1. The molecule has 0 aliphatic heterocycles. The lowest BCUT2D eigenvalue weighted by Gasteiger charge is -2.07. The molecule has 0 spiro atoms. The van der Waals surface area contributed by atoms with E-state index in [2.05, 4.69) is 12.0 Å². The summed E-state index contributed by atoms with van der Waals surface area (Å²) in [6, 6.07) is 1.96. The van der Waals surface area contributed by atoms with Crippen LogP contribution in [0.4, 0.5) is 0 Å². The molecule has 0 aliphatic carbocycles. The lowest BCUT2D eigenvalue weighted by molar-refractivity contribution is 0.166. The third-order valence-corrected chi connectivity index (χ3v) is 3.99. The Kier molecular flexibility index (Phi) is 4.89. The molecule has 5 heteroatoms. The standard InChI is InChI=1S/C15H22ClN3O/c1-4-6-14(20)11-7-8-19(9-11)10-13-15(16)12(5-2)17-18(13)3/h7-9,14,20H,4-6,10H2,1-3H3. The molecule has 0 aromatic carbocycles. The second-order valence-electron chi connectivity index (χ2n) is 5.11. The summed E-state index contributed by atoms with van der Waals surface area (Å²) in [7, 11) is 1.91. The zero-order chi connectivity index (χ0) is 14.7. The fourth-order valence-corrected chi connectivity index (χ4v) is 2.71. The maximum absolute atomic E-state index is 9.99. The van der Waals surface area contributed by atoms with Gasteiger partial charge in [0.1, 0.15) is 0 Å². The minimum Gasteiger partial charge on any atom is -0.388 e. The number of aromatic nitrogens is 3. The van der Waals surface area contributed by atoms with Gasteiger partial charge >= 0.3 is 0 Å². The van der Waals surface area contributed by atoms with Crippen molar-refractivity contribution >= 4 is 11.6 Å². The van der Waals surface area contributed by atoms with E-state index in [4.69, 9.17) is 11.6 Å². The van der Waals surface area contributed by atoms with Gasteiger partial charge in [0.15, 0.2) is 0 Å². The van der Waals surface area contributed by atoms with Crippen molar-refractivity contribution in [1.82, 2.24) is 14.3 Å². The van der Waals surface area contributed by atoms with E-state index in [1.54, 1.807) is 0 Å². The molecule has 0 saturated carbocycles. The average Bonchev–Trinajstić information content (AvgIpc) is 2.99.